The van der Waals surface area contributed by atoms with Crippen LogP contribution in [0, 0.1) is 0 Å². The molecule has 0 aromatic rings. The second-order valence-electron chi connectivity index (χ2n) is 16.7. The molecule has 0 aromatic carbocycles. The number of allylic oxidation sites excluding steroid dienone is 12. The summed E-state index contributed by atoms with van der Waals surface area (Å²) in [6.45, 7) is 6.38. The summed E-state index contributed by atoms with van der Waals surface area (Å²) in [7, 11) is 0. The smallest absolute Gasteiger partial charge is 0.306 e. The first-order valence-electron chi connectivity index (χ1n) is 25.4. The monoisotopic (exact) mass is 851 g/mol. The number of ether oxygens (including phenoxy) is 3. The molecule has 0 aliphatic heterocycles. The van der Waals surface area contributed by atoms with Gasteiger partial charge in [-0.2, -0.15) is 0 Å². The van der Waals surface area contributed by atoms with E-state index in [0.717, 1.165) is 109 Å². The van der Waals surface area contributed by atoms with Gasteiger partial charge in [0.2, 0.25) is 0 Å². The Morgan fingerprint density at radius 3 is 1.08 bits per heavy atom. The molecule has 0 aliphatic rings. The predicted octanol–water partition coefficient (Wildman–Crippen LogP) is 16.6. The van der Waals surface area contributed by atoms with E-state index in [4.69, 9.17) is 14.2 Å². The van der Waals surface area contributed by atoms with Crippen LogP contribution >= 0.6 is 0 Å². The number of hydrogen-bond donors (Lipinski definition) is 0. The van der Waals surface area contributed by atoms with Crippen LogP contribution in [0.1, 0.15) is 239 Å². The van der Waals surface area contributed by atoms with E-state index in [9.17, 15) is 14.4 Å². The van der Waals surface area contributed by atoms with Crippen molar-refractivity contribution in [3.63, 3.8) is 0 Å². The molecule has 0 aromatic heterocycles. The molecule has 6 nitrogen and oxygen atoms in total. The van der Waals surface area contributed by atoms with Gasteiger partial charge >= 0.3 is 17.9 Å². The molecule has 0 amide bonds. The minimum Gasteiger partial charge on any atom is -0.462 e. The number of hydrogen-bond acceptors (Lipinski definition) is 6. The number of esters is 3. The van der Waals surface area contributed by atoms with Crippen molar-refractivity contribution in [3.8, 4) is 0 Å². The van der Waals surface area contributed by atoms with E-state index in [0.29, 0.717) is 19.3 Å². The summed E-state index contributed by atoms with van der Waals surface area (Å²) in [4.78, 5) is 37.6. The molecule has 0 bridgehead atoms. The van der Waals surface area contributed by atoms with E-state index in [2.05, 4.69) is 93.7 Å². The molecule has 350 valence electrons. The Morgan fingerprint density at radius 1 is 0.344 bits per heavy atom. The van der Waals surface area contributed by atoms with Gasteiger partial charge in [0.15, 0.2) is 6.10 Å². The van der Waals surface area contributed by atoms with Crippen LogP contribution in [0.5, 0.6) is 0 Å². The first-order chi connectivity index (χ1) is 30.0. The lowest BCUT2D eigenvalue weighted by molar-refractivity contribution is -0.167. The Kier molecular flexibility index (Phi) is 46.9. The van der Waals surface area contributed by atoms with Gasteiger partial charge in [0, 0.05) is 19.3 Å². The van der Waals surface area contributed by atoms with Gasteiger partial charge in [0.1, 0.15) is 13.2 Å². The minimum absolute atomic E-state index is 0.0790. The first kappa shape index (κ1) is 57.9. The van der Waals surface area contributed by atoms with Gasteiger partial charge in [-0.3, -0.25) is 14.4 Å². The second kappa shape index (κ2) is 49.5. The lowest BCUT2D eigenvalue weighted by Crippen LogP contribution is -2.30. The number of carbonyl (C=O) groups excluding carboxylic acids is 3. The van der Waals surface area contributed by atoms with Crippen molar-refractivity contribution in [1.82, 2.24) is 0 Å². The van der Waals surface area contributed by atoms with Crippen LogP contribution in [0.3, 0.4) is 0 Å². The summed E-state index contributed by atoms with van der Waals surface area (Å²) in [6.07, 6.45) is 62.1. The van der Waals surface area contributed by atoms with E-state index in [1.165, 1.54) is 89.9 Å². The molecular weight excluding hydrogens is 757 g/mol. The SMILES string of the molecule is CC/C=C\C/C=C\C/C=C\C/C=C\C/C=C\CCCCCCCCCCCCCC(=O)OCC(COC(=O)CCCCCCCC)OC(=O)CCCCCCC/C=C\CCC. The predicted molar refractivity (Wildman–Crippen MR) is 261 cm³/mol. The first-order valence-corrected chi connectivity index (χ1v) is 25.4. The normalized spacial score (nSPS) is 12.6. The highest BCUT2D eigenvalue weighted by atomic mass is 16.6. The van der Waals surface area contributed by atoms with E-state index in [1.807, 2.05) is 0 Å². The van der Waals surface area contributed by atoms with Crippen LogP contribution in [0.15, 0.2) is 72.9 Å². The molecule has 1 unspecified atom stereocenters. The van der Waals surface area contributed by atoms with E-state index < -0.39 is 6.10 Å². The lowest BCUT2D eigenvalue weighted by Gasteiger charge is -2.18. The Hall–Kier alpha value is -3.15. The van der Waals surface area contributed by atoms with Crippen LogP contribution in [-0.4, -0.2) is 37.2 Å². The highest BCUT2D eigenvalue weighted by molar-refractivity contribution is 5.71. The average Bonchev–Trinajstić information content (AvgIpc) is 3.26. The minimum atomic E-state index is -0.774. The molecule has 0 aliphatic carbocycles. The summed E-state index contributed by atoms with van der Waals surface area (Å²) in [5, 5.41) is 0. The highest BCUT2D eigenvalue weighted by Crippen LogP contribution is 2.15. The molecule has 0 rings (SSSR count). The summed E-state index contributed by atoms with van der Waals surface area (Å²) in [6, 6.07) is 0. The second-order valence-corrected chi connectivity index (χ2v) is 16.7. The third-order valence-electron chi connectivity index (χ3n) is 10.7. The van der Waals surface area contributed by atoms with Crippen molar-refractivity contribution >= 4 is 17.9 Å². The van der Waals surface area contributed by atoms with Gasteiger partial charge in [0.05, 0.1) is 0 Å². The summed E-state index contributed by atoms with van der Waals surface area (Å²) in [5.74, 6) is -0.904. The Balaban J connectivity index is 4.06. The van der Waals surface area contributed by atoms with Crippen molar-refractivity contribution in [2.75, 3.05) is 13.2 Å². The van der Waals surface area contributed by atoms with Crippen molar-refractivity contribution in [2.24, 2.45) is 0 Å². The maximum atomic E-state index is 12.7. The molecule has 61 heavy (non-hydrogen) atoms. The molecular formula is C55H94O6. The quantitative estimate of drug-likeness (QED) is 0.0263. The summed E-state index contributed by atoms with van der Waals surface area (Å²) in [5.41, 5.74) is 0. The third kappa shape index (κ3) is 47.7. The van der Waals surface area contributed by atoms with Crippen LogP contribution in [-0.2, 0) is 28.6 Å². The Morgan fingerprint density at radius 2 is 0.672 bits per heavy atom. The fourth-order valence-corrected chi connectivity index (χ4v) is 6.88. The topological polar surface area (TPSA) is 78.9 Å². The molecule has 0 N–H and O–H groups in total. The molecule has 0 heterocycles. The van der Waals surface area contributed by atoms with E-state index in [-0.39, 0.29) is 31.1 Å². The Labute approximate surface area is 376 Å². The molecule has 0 fully saturated rings. The van der Waals surface area contributed by atoms with Gasteiger partial charge in [0.25, 0.3) is 0 Å². The van der Waals surface area contributed by atoms with Crippen molar-refractivity contribution in [3.05, 3.63) is 72.9 Å². The molecule has 0 spiro atoms. The largest absolute Gasteiger partial charge is 0.462 e. The van der Waals surface area contributed by atoms with Gasteiger partial charge in [-0.15, -0.1) is 0 Å². The molecule has 0 saturated carbocycles. The Bertz CT molecular complexity index is 1160. The average molecular weight is 851 g/mol. The van der Waals surface area contributed by atoms with E-state index >= 15 is 0 Å². The van der Waals surface area contributed by atoms with Crippen LogP contribution in [0.2, 0.25) is 0 Å². The lowest BCUT2D eigenvalue weighted by atomic mass is 10.0. The maximum Gasteiger partial charge on any atom is 0.306 e. The van der Waals surface area contributed by atoms with Gasteiger partial charge in [-0.25, -0.2) is 0 Å². The number of carbonyl (C=O) groups is 3. The summed E-state index contributed by atoms with van der Waals surface area (Å²) >= 11 is 0. The van der Waals surface area contributed by atoms with Crippen molar-refractivity contribution < 1.29 is 28.6 Å². The van der Waals surface area contributed by atoms with Crippen molar-refractivity contribution in [2.45, 2.75) is 245 Å². The maximum absolute atomic E-state index is 12.7. The molecule has 1 atom stereocenters. The fourth-order valence-electron chi connectivity index (χ4n) is 6.88. The standard InChI is InChI=1S/C55H94O6/c1-4-7-10-13-16-18-20-21-22-23-24-25-26-27-28-29-30-31-32-33-34-35-36-38-39-42-45-48-54(57)60-51-52(50-59-53(56)47-44-41-15-12-9-6-3)61-55(58)49-46-43-40-37-19-17-14-11-8-5-2/h7,10-11,14,16,18,21-22,24-25,27-28,52H,4-6,8-9,12-13,15,17,19-20,23,26,29-51H2,1-3H3/b10-7-,14-11-,18-16-,22-21-,25-24-,28-27-. The third-order valence-corrected chi connectivity index (χ3v) is 10.7. The molecule has 0 saturated heterocycles. The zero-order valence-corrected chi connectivity index (χ0v) is 39.9. The number of unbranched alkanes of at least 4 members (excludes halogenated alkanes) is 22. The summed E-state index contributed by atoms with van der Waals surface area (Å²) < 4.78 is 16.6. The zero-order valence-electron chi connectivity index (χ0n) is 39.9. The van der Waals surface area contributed by atoms with Gasteiger partial charge in [-0.1, -0.05) is 209 Å². The van der Waals surface area contributed by atoms with Crippen LogP contribution in [0.25, 0.3) is 0 Å². The van der Waals surface area contributed by atoms with Crippen LogP contribution in [0.4, 0.5) is 0 Å². The zero-order chi connectivity index (χ0) is 44.4. The van der Waals surface area contributed by atoms with Crippen LogP contribution < -0.4 is 0 Å². The van der Waals surface area contributed by atoms with Crippen molar-refractivity contribution in [1.29, 1.82) is 0 Å². The molecule has 0 radical (unpaired) electrons. The highest BCUT2D eigenvalue weighted by Gasteiger charge is 2.19. The van der Waals surface area contributed by atoms with Gasteiger partial charge < -0.3 is 14.2 Å². The number of rotatable bonds is 45. The van der Waals surface area contributed by atoms with Gasteiger partial charge in [-0.05, 0) is 83.5 Å². The molecule has 6 heteroatoms. The fraction of sp³-hybridized carbons (Fsp3) is 0.727. The van der Waals surface area contributed by atoms with E-state index in [1.54, 1.807) is 0 Å².